The summed E-state index contributed by atoms with van der Waals surface area (Å²) in [7, 11) is 0. The van der Waals surface area contributed by atoms with E-state index >= 15 is 0 Å². The average Bonchev–Trinajstić information content (AvgIpc) is 3.00. The van der Waals surface area contributed by atoms with E-state index in [0.717, 1.165) is 37.9 Å². The zero-order chi connectivity index (χ0) is 13.2. The fourth-order valence-electron chi connectivity index (χ4n) is 1.80. The van der Waals surface area contributed by atoms with Crippen molar-refractivity contribution in [3.05, 3.63) is 55.2 Å². The van der Waals surface area contributed by atoms with Crippen LogP contribution in [0.5, 0.6) is 0 Å². The predicted molar refractivity (Wildman–Crippen MR) is 84.9 cm³/mol. The zero-order valence-electron chi connectivity index (χ0n) is 10.3. The molecule has 0 N–H and O–H groups in total. The Morgan fingerprint density at radius 2 is 1.79 bits per heavy atom. The van der Waals surface area contributed by atoms with Gasteiger partial charge in [0, 0.05) is 26.5 Å². The number of aryl methyl sites for hydroxylation is 1. The van der Waals surface area contributed by atoms with Crippen molar-refractivity contribution in [1.82, 2.24) is 9.97 Å². The molecule has 3 aromatic rings. The molecule has 5 heteroatoms. The smallest absolute Gasteiger partial charge is 0.100 e. The van der Waals surface area contributed by atoms with E-state index in [1.807, 2.05) is 25.1 Å². The fraction of sp³-hybridized carbons (Fsp3) is 0.143. The number of thiazole rings is 2. The standard InChI is InChI=1S/C14H11BrN2S2/c1-9-7-18-13(16-9)6-14-17-12(8-19-14)10-4-2-3-5-11(10)15/h2-5,7-8H,6H2,1H3. The van der Waals surface area contributed by atoms with E-state index in [1.165, 1.54) is 0 Å². The van der Waals surface area contributed by atoms with Gasteiger partial charge in [0.1, 0.15) is 5.01 Å². The molecule has 2 nitrogen and oxygen atoms in total. The lowest BCUT2D eigenvalue weighted by Gasteiger charge is -1.99. The van der Waals surface area contributed by atoms with E-state index in [9.17, 15) is 0 Å². The van der Waals surface area contributed by atoms with Gasteiger partial charge >= 0.3 is 0 Å². The zero-order valence-corrected chi connectivity index (χ0v) is 13.5. The maximum Gasteiger partial charge on any atom is 0.100 e. The third-order valence-electron chi connectivity index (χ3n) is 2.67. The highest BCUT2D eigenvalue weighted by Crippen LogP contribution is 2.29. The van der Waals surface area contributed by atoms with Crippen molar-refractivity contribution in [3.63, 3.8) is 0 Å². The van der Waals surface area contributed by atoms with Crippen LogP contribution in [0.25, 0.3) is 11.3 Å². The van der Waals surface area contributed by atoms with E-state index in [0.29, 0.717) is 0 Å². The minimum absolute atomic E-state index is 0.827. The summed E-state index contributed by atoms with van der Waals surface area (Å²) in [5.41, 5.74) is 3.25. The first-order chi connectivity index (χ1) is 9.22. The average molecular weight is 351 g/mol. The van der Waals surface area contributed by atoms with Crippen molar-refractivity contribution >= 4 is 38.6 Å². The summed E-state index contributed by atoms with van der Waals surface area (Å²) in [5.74, 6) is 0. The van der Waals surface area contributed by atoms with E-state index in [2.05, 4.69) is 37.7 Å². The quantitative estimate of drug-likeness (QED) is 0.669. The van der Waals surface area contributed by atoms with Crippen LogP contribution in [-0.2, 0) is 6.42 Å². The molecule has 19 heavy (non-hydrogen) atoms. The second-order valence-electron chi connectivity index (χ2n) is 4.17. The third-order valence-corrected chi connectivity index (χ3v) is 5.18. The molecule has 0 aliphatic carbocycles. The SMILES string of the molecule is Cc1csc(Cc2nc(-c3ccccc3Br)cs2)n1. The number of hydrogen-bond acceptors (Lipinski definition) is 4. The van der Waals surface area contributed by atoms with Crippen molar-refractivity contribution in [2.24, 2.45) is 0 Å². The molecule has 3 rings (SSSR count). The van der Waals surface area contributed by atoms with Gasteiger partial charge in [0.2, 0.25) is 0 Å². The van der Waals surface area contributed by atoms with Crippen LogP contribution in [0.4, 0.5) is 0 Å². The number of halogens is 1. The summed E-state index contributed by atoms with van der Waals surface area (Å²) < 4.78 is 1.08. The van der Waals surface area contributed by atoms with Crippen LogP contribution in [0, 0.1) is 6.92 Å². The van der Waals surface area contributed by atoms with Gasteiger partial charge in [-0.05, 0) is 13.0 Å². The summed E-state index contributed by atoms with van der Waals surface area (Å²) >= 11 is 6.96. The van der Waals surface area contributed by atoms with Crippen LogP contribution in [0.2, 0.25) is 0 Å². The Hall–Kier alpha value is -1.04. The molecule has 2 aromatic heterocycles. The largest absolute Gasteiger partial charge is 0.246 e. The topological polar surface area (TPSA) is 25.8 Å². The van der Waals surface area contributed by atoms with Gasteiger partial charge in [-0.3, -0.25) is 0 Å². The van der Waals surface area contributed by atoms with Gasteiger partial charge in [-0.15, -0.1) is 22.7 Å². The van der Waals surface area contributed by atoms with Crippen molar-refractivity contribution in [2.75, 3.05) is 0 Å². The van der Waals surface area contributed by atoms with Gasteiger partial charge in [0.25, 0.3) is 0 Å². The summed E-state index contributed by atoms with van der Waals surface area (Å²) in [5, 5.41) is 6.43. The molecule has 0 amide bonds. The Balaban J connectivity index is 1.86. The molecule has 0 fully saturated rings. The van der Waals surface area contributed by atoms with Crippen LogP contribution in [0.3, 0.4) is 0 Å². The van der Waals surface area contributed by atoms with Crippen LogP contribution < -0.4 is 0 Å². The molecule has 0 saturated carbocycles. The first kappa shape index (κ1) is 13.0. The highest BCUT2D eigenvalue weighted by atomic mass is 79.9. The molecule has 0 aliphatic rings. The second-order valence-corrected chi connectivity index (χ2v) is 6.91. The summed E-state index contributed by atoms with van der Waals surface area (Å²) in [6, 6.07) is 8.16. The maximum atomic E-state index is 4.70. The van der Waals surface area contributed by atoms with Gasteiger partial charge in [-0.25, -0.2) is 9.97 Å². The Labute approximate surface area is 128 Å². The molecule has 0 aliphatic heterocycles. The summed E-state index contributed by atoms with van der Waals surface area (Å²) in [6.07, 6.45) is 0.827. The van der Waals surface area contributed by atoms with E-state index in [1.54, 1.807) is 22.7 Å². The first-order valence-corrected chi connectivity index (χ1v) is 8.38. The first-order valence-electron chi connectivity index (χ1n) is 5.82. The Kier molecular flexibility index (Phi) is 3.77. The molecule has 0 bridgehead atoms. The molecule has 0 saturated heterocycles. The minimum Gasteiger partial charge on any atom is -0.246 e. The van der Waals surface area contributed by atoms with E-state index in [-0.39, 0.29) is 0 Å². The van der Waals surface area contributed by atoms with Crippen molar-refractivity contribution in [2.45, 2.75) is 13.3 Å². The van der Waals surface area contributed by atoms with Gasteiger partial charge in [-0.2, -0.15) is 0 Å². The minimum atomic E-state index is 0.827. The number of benzene rings is 1. The van der Waals surface area contributed by atoms with Gasteiger partial charge in [0.05, 0.1) is 17.1 Å². The molecule has 0 atom stereocenters. The fourth-order valence-corrected chi connectivity index (χ4v) is 3.95. The monoisotopic (exact) mass is 350 g/mol. The van der Waals surface area contributed by atoms with Crippen LogP contribution in [-0.4, -0.2) is 9.97 Å². The molecular weight excluding hydrogens is 340 g/mol. The van der Waals surface area contributed by atoms with Crippen LogP contribution >= 0.6 is 38.6 Å². The third kappa shape index (κ3) is 2.94. The molecule has 0 unspecified atom stereocenters. The van der Waals surface area contributed by atoms with E-state index in [4.69, 9.17) is 4.98 Å². The molecular formula is C14H11BrN2S2. The molecule has 0 spiro atoms. The Bertz CT molecular complexity index is 703. The van der Waals surface area contributed by atoms with Crippen molar-refractivity contribution < 1.29 is 0 Å². The summed E-state index contributed by atoms with van der Waals surface area (Å²) in [6.45, 7) is 2.02. The van der Waals surface area contributed by atoms with Crippen molar-refractivity contribution in [3.8, 4) is 11.3 Å². The van der Waals surface area contributed by atoms with Gasteiger partial charge in [0.15, 0.2) is 0 Å². The molecule has 2 heterocycles. The predicted octanol–water partition coefficient (Wildman–Crippen LogP) is 4.93. The van der Waals surface area contributed by atoms with Gasteiger partial charge in [-0.1, -0.05) is 34.1 Å². The number of nitrogens with zero attached hydrogens (tertiary/aromatic N) is 2. The van der Waals surface area contributed by atoms with Crippen molar-refractivity contribution in [1.29, 1.82) is 0 Å². The lowest BCUT2D eigenvalue weighted by Crippen LogP contribution is -1.87. The summed E-state index contributed by atoms with van der Waals surface area (Å²) in [4.78, 5) is 9.18. The normalized spacial score (nSPS) is 10.8. The lowest BCUT2D eigenvalue weighted by atomic mass is 10.2. The molecule has 1 aromatic carbocycles. The van der Waals surface area contributed by atoms with Crippen LogP contribution in [0.15, 0.2) is 39.5 Å². The Morgan fingerprint density at radius 1 is 1.05 bits per heavy atom. The van der Waals surface area contributed by atoms with Crippen LogP contribution in [0.1, 0.15) is 15.7 Å². The Morgan fingerprint density at radius 3 is 2.53 bits per heavy atom. The molecule has 96 valence electrons. The maximum absolute atomic E-state index is 4.70. The van der Waals surface area contributed by atoms with Gasteiger partial charge < -0.3 is 0 Å². The highest BCUT2D eigenvalue weighted by Gasteiger charge is 2.09. The lowest BCUT2D eigenvalue weighted by molar-refractivity contribution is 1.08. The second kappa shape index (κ2) is 5.53. The highest BCUT2D eigenvalue weighted by molar-refractivity contribution is 9.10. The number of hydrogen-bond donors (Lipinski definition) is 0. The number of aromatic nitrogens is 2. The van der Waals surface area contributed by atoms with E-state index < -0.39 is 0 Å². The molecule has 0 radical (unpaired) electrons. The number of rotatable bonds is 3.